The quantitative estimate of drug-likeness (QED) is 0.569. The molecule has 0 saturated carbocycles. The smallest absolute Gasteiger partial charge is 0.120 e. The van der Waals surface area contributed by atoms with Crippen LogP contribution in [-0.4, -0.2) is 56.6 Å². The average molecular weight is 272 g/mol. The molecule has 4 nitrogen and oxygen atoms in total. The van der Waals surface area contributed by atoms with Gasteiger partial charge < -0.3 is 19.7 Å². The van der Waals surface area contributed by atoms with E-state index in [0.29, 0.717) is 18.5 Å². The molecule has 0 bridgehead atoms. The lowest BCUT2D eigenvalue weighted by atomic mass is 10.0. The Labute approximate surface area is 118 Å². The van der Waals surface area contributed by atoms with Crippen LogP contribution in [0.4, 0.5) is 0 Å². The molecule has 0 aliphatic carbocycles. The van der Waals surface area contributed by atoms with E-state index in [0.717, 1.165) is 25.9 Å². The number of methoxy groups -OCH3 is 1. The summed E-state index contributed by atoms with van der Waals surface area (Å²) in [6.45, 7) is 10.7. The molecule has 1 saturated heterocycles. The maximum absolute atomic E-state index is 10.1. The van der Waals surface area contributed by atoms with Crippen LogP contribution in [-0.2, 0) is 9.53 Å². The van der Waals surface area contributed by atoms with Crippen molar-refractivity contribution >= 4 is 6.29 Å². The lowest BCUT2D eigenvalue weighted by Crippen LogP contribution is -2.45. The Hall–Kier alpha value is -0.450. The second kappa shape index (κ2) is 12.6. The Balaban J connectivity index is 0.000000711. The van der Waals surface area contributed by atoms with Crippen LogP contribution in [0.1, 0.15) is 46.5 Å². The number of nitrogens with zero attached hydrogens (tertiary/aromatic N) is 1. The molecule has 19 heavy (non-hydrogen) atoms. The summed E-state index contributed by atoms with van der Waals surface area (Å²) in [4.78, 5) is 12.7. The molecule has 1 fully saturated rings. The number of aldehydes is 1. The molecule has 1 N–H and O–H groups in total. The fourth-order valence-corrected chi connectivity index (χ4v) is 2.11. The Kier molecular flexibility index (Phi) is 12.3. The van der Waals surface area contributed by atoms with Crippen molar-refractivity contribution in [1.82, 2.24) is 10.2 Å². The van der Waals surface area contributed by atoms with E-state index in [9.17, 15) is 4.79 Å². The van der Waals surface area contributed by atoms with Crippen LogP contribution >= 0.6 is 0 Å². The molecule has 0 unspecified atom stereocenters. The summed E-state index contributed by atoms with van der Waals surface area (Å²) in [5.74, 6) is 0. The summed E-state index contributed by atoms with van der Waals surface area (Å²) >= 11 is 0. The van der Waals surface area contributed by atoms with Crippen molar-refractivity contribution in [1.29, 1.82) is 0 Å². The van der Waals surface area contributed by atoms with Gasteiger partial charge in [0.2, 0.25) is 0 Å². The van der Waals surface area contributed by atoms with E-state index in [1.54, 1.807) is 7.11 Å². The molecule has 0 radical (unpaired) electrons. The fourth-order valence-electron chi connectivity index (χ4n) is 2.11. The first-order valence-electron chi connectivity index (χ1n) is 7.55. The van der Waals surface area contributed by atoms with Gasteiger partial charge in [-0.3, -0.25) is 0 Å². The molecule has 1 aliphatic heterocycles. The van der Waals surface area contributed by atoms with Crippen molar-refractivity contribution in [2.45, 2.75) is 58.5 Å². The topological polar surface area (TPSA) is 41.6 Å². The average Bonchev–Trinajstić information content (AvgIpc) is 2.44. The van der Waals surface area contributed by atoms with Crippen molar-refractivity contribution in [3.63, 3.8) is 0 Å². The zero-order valence-electron chi connectivity index (χ0n) is 13.2. The number of unbranched alkanes of at least 4 members (excludes halogenated alkanes) is 1. The molecule has 0 amide bonds. The standard InChI is InChI=1S/C12H24N2O.C3H8O/c1-11(2)14-8-5-12(6-9-14)13-7-3-4-10-15;1-3-4-2/h10-13H,3-9H2,1-2H3;3H2,1-2H3. The minimum Gasteiger partial charge on any atom is -0.385 e. The Morgan fingerprint density at radius 3 is 2.37 bits per heavy atom. The van der Waals surface area contributed by atoms with E-state index < -0.39 is 0 Å². The summed E-state index contributed by atoms with van der Waals surface area (Å²) in [7, 11) is 1.68. The van der Waals surface area contributed by atoms with Gasteiger partial charge in [-0.1, -0.05) is 0 Å². The van der Waals surface area contributed by atoms with Crippen molar-refractivity contribution in [2.75, 3.05) is 33.4 Å². The van der Waals surface area contributed by atoms with Crippen LogP contribution < -0.4 is 5.32 Å². The molecule has 0 atom stereocenters. The van der Waals surface area contributed by atoms with Gasteiger partial charge in [0.15, 0.2) is 0 Å². The number of hydrogen-bond acceptors (Lipinski definition) is 4. The minimum absolute atomic E-state index is 0.673. The van der Waals surface area contributed by atoms with E-state index in [4.69, 9.17) is 0 Å². The Morgan fingerprint density at radius 1 is 1.37 bits per heavy atom. The molecule has 0 aromatic carbocycles. The number of carbonyl (C=O) groups excluding carboxylic acids is 1. The molecule has 0 spiro atoms. The van der Waals surface area contributed by atoms with Gasteiger partial charge in [-0.25, -0.2) is 0 Å². The number of ether oxygens (including phenoxy) is 1. The zero-order valence-corrected chi connectivity index (χ0v) is 13.2. The van der Waals surface area contributed by atoms with Gasteiger partial charge in [0, 0.05) is 32.2 Å². The van der Waals surface area contributed by atoms with Gasteiger partial charge >= 0.3 is 0 Å². The molecule has 0 aromatic heterocycles. The highest BCUT2D eigenvalue weighted by molar-refractivity contribution is 5.48. The normalized spacial score (nSPS) is 17.1. The first kappa shape index (κ1) is 18.6. The molecule has 1 rings (SSSR count). The van der Waals surface area contributed by atoms with Gasteiger partial charge in [0.1, 0.15) is 6.29 Å². The Morgan fingerprint density at radius 2 is 1.95 bits per heavy atom. The van der Waals surface area contributed by atoms with Crippen molar-refractivity contribution in [3.05, 3.63) is 0 Å². The maximum Gasteiger partial charge on any atom is 0.120 e. The first-order chi connectivity index (χ1) is 9.15. The van der Waals surface area contributed by atoms with Crippen molar-refractivity contribution < 1.29 is 9.53 Å². The van der Waals surface area contributed by atoms with Crippen molar-refractivity contribution in [3.8, 4) is 0 Å². The highest BCUT2D eigenvalue weighted by Gasteiger charge is 2.19. The van der Waals surface area contributed by atoms with Gasteiger partial charge in [0.25, 0.3) is 0 Å². The summed E-state index contributed by atoms with van der Waals surface area (Å²) in [6, 6.07) is 1.35. The van der Waals surface area contributed by atoms with Crippen molar-refractivity contribution in [2.24, 2.45) is 0 Å². The monoisotopic (exact) mass is 272 g/mol. The number of hydrogen-bond donors (Lipinski definition) is 1. The number of likely N-dealkylation sites (tertiary alicyclic amines) is 1. The fraction of sp³-hybridized carbons (Fsp3) is 0.933. The van der Waals surface area contributed by atoms with E-state index >= 15 is 0 Å². The predicted octanol–water partition coefficient (Wildman–Crippen LogP) is 2.08. The summed E-state index contributed by atoms with van der Waals surface area (Å²) in [6.07, 6.45) is 5.17. The largest absolute Gasteiger partial charge is 0.385 e. The van der Waals surface area contributed by atoms with E-state index in [1.807, 2.05) is 6.92 Å². The Bertz CT molecular complexity index is 200. The predicted molar refractivity (Wildman–Crippen MR) is 80.6 cm³/mol. The summed E-state index contributed by atoms with van der Waals surface area (Å²) in [5.41, 5.74) is 0. The van der Waals surface area contributed by atoms with Crippen LogP contribution in [0.15, 0.2) is 0 Å². The SMILES string of the molecule is CC(C)N1CCC(NCCCC=O)CC1.CCOC. The summed E-state index contributed by atoms with van der Waals surface area (Å²) in [5, 5.41) is 3.53. The number of piperidine rings is 1. The van der Waals surface area contributed by atoms with Crippen LogP contribution in [0, 0.1) is 0 Å². The highest BCUT2D eigenvalue weighted by atomic mass is 16.5. The lowest BCUT2D eigenvalue weighted by Gasteiger charge is -2.35. The van der Waals surface area contributed by atoms with E-state index in [1.165, 1.54) is 25.9 Å². The lowest BCUT2D eigenvalue weighted by molar-refractivity contribution is -0.107. The molecular formula is C15H32N2O2. The van der Waals surface area contributed by atoms with E-state index in [-0.39, 0.29) is 0 Å². The third kappa shape index (κ3) is 10.0. The minimum atomic E-state index is 0.673. The number of rotatable bonds is 7. The van der Waals surface area contributed by atoms with Gasteiger partial charge in [-0.15, -0.1) is 0 Å². The third-order valence-electron chi connectivity index (χ3n) is 3.48. The second-order valence-electron chi connectivity index (χ2n) is 5.24. The van der Waals surface area contributed by atoms with Crippen LogP contribution in [0.3, 0.4) is 0 Å². The maximum atomic E-state index is 10.1. The molecule has 114 valence electrons. The summed E-state index contributed by atoms with van der Waals surface area (Å²) < 4.78 is 4.54. The van der Waals surface area contributed by atoms with Crippen LogP contribution in [0.5, 0.6) is 0 Å². The molecule has 4 heteroatoms. The van der Waals surface area contributed by atoms with E-state index in [2.05, 4.69) is 28.8 Å². The second-order valence-corrected chi connectivity index (χ2v) is 5.24. The first-order valence-corrected chi connectivity index (χ1v) is 7.55. The van der Waals surface area contributed by atoms with Gasteiger partial charge in [-0.05, 0) is 59.7 Å². The number of carbonyl (C=O) groups is 1. The molecule has 1 aliphatic rings. The van der Waals surface area contributed by atoms with Gasteiger partial charge in [-0.2, -0.15) is 0 Å². The number of nitrogens with one attached hydrogen (secondary N) is 1. The molecule has 0 aromatic rings. The van der Waals surface area contributed by atoms with Crippen LogP contribution in [0.2, 0.25) is 0 Å². The molecular weight excluding hydrogens is 240 g/mol. The molecule has 1 heterocycles. The highest BCUT2D eigenvalue weighted by Crippen LogP contribution is 2.12. The van der Waals surface area contributed by atoms with Crippen LogP contribution in [0.25, 0.3) is 0 Å². The van der Waals surface area contributed by atoms with Gasteiger partial charge in [0.05, 0.1) is 0 Å². The third-order valence-corrected chi connectivity index (χ3v) is 3.48. The zero-order chi connectivity index (χ0) is 14.5.